The molecule has 0 N–H and O–H groups in total. The lowest BCUT2D eigenvalue weighted by atomic mass is 9.91. The molecule has 6 nitrogen and oxygen atoms in total. The van der Waals surface area contributed by atoms with Crippen LogP contribution in [0.4, 0.5) is 0 Å². The molecular formula is C23H32N2O4. The summed E-state index contributed by atoms with van der Waals surface area (Å²) in [6, 6.07) is 5.41. The van der Waals surface area contributed by atoms with Crippen LogP contribution in [0, 0.1) is 11.8 Å². The molecule has 6 heteroatoms. The van der Waals surface area contributed by atoms with Crippen LogP contribution in [0.1, 0.15) is 45.6 Å². The Balaban J connectivity index is 2.09. The monoisotopic (exact) mass is 400 g/mol. The van der Waals surface area contributed by atoms with E-state index >= 15 is 0 Å². The third-order valence-corrected chi connectivity index (χ3v) is 5.74. The molecule has 2 heterocycles. The van der Waals surface area contributed by atoms with E-state index in [9.17, 15) is 9.59 Å². The molecule has 2 aliphatic heterocycles. The number of hydrogen-bond donors (Lipinski definition) is 0. The maximum Gasteiger partial charge on any atom is 0.277 e. The van der Waals surface area contributed by atoms with Crippen molar-refractivity contribution in [1.29, 1.82) is 0 Å². The summed E-state index contributed by atoms with van der Waals surface area (Å²) in [7, 11) is 3.15. The van der Waals surface area contributed by atoms with Crippen LogP contribution in [-0.4, -0.2) is 55.5 Å². The highest BCUT2D eigenvalue weighted by Gasteiger charge is 2.42. The quantitative estimate of drug-likeness (QED) is 0.655. The van der Waals surface area contributed by atoms with Crippen molar-refractivity contribution >= 4 is 17.4 Å². The van der Waals surface area contributed by atoms with Gasteiger partial charge in [-0.25, -0.2) is 0 Å². The van der Waals surface area contributed by atoms with Crippen LogP contribution in [0.2, 0.25) is 0 Å². The van der Waals surface area contributed by atoms with Crippen LogP contribution in [0.15, 0.2) is 23.9 Å². The minimum Gasteiger partial charge on any atom is -0.493 e. The molecule has 0 saturated carbocycles. The highest BCUT2D eigenvalue weighted by Crippen LogP contribution is 2.38. The molecule has 0 radical (unpaired) electrons. The van der Waals surface area contributed by atoms with Gasteiger partial charge in [0, 0.05) is 19.6 Å². The molecule has 1 fully saturated rings. The summed E-state index contributed by atoms with van der Waals surface area (Å²) in [5.74, 6) is 1.71. The van der Waals surface area contributed by atoms with E-state index in [0.29, 0.717) is 46.7 Å². The first-order valence-electron chi connectivity index (χ1n) is 10.5. The number of amides is 2. The van der Waals surface area contributed by atoms with E-state index in [2.05, 4.69) is 25.7 Å². The number of unbranched alkanes of at least 4 members (excludes halogenated alkanes) is 1. The topological polar surface area (TPSA) is 59.1 Å². The zero-order valence-corrected chi connectivity index (χ0v) is 18.2. The molecule has 29 heavy (non-hydrogen) atoms. The fourth-order valence-electron chi connectivity index (χ4n) is 4.47. The molecule has 158 valence electrons. The lowest BCUT2D eigenvalue weighted by Gasteiger charge is -2.37. The number of benzene rings is 1. The van der Waals surface area contributed by atoms with Crippen molar-refractivity contribution in [3.05, 3.63) is 29.5 Å². The Labute approximate surface area is 173 Å². The van der Waals surface area contributed by atoms with Gasteiger partial charge >= 0.3 is 0 Å². The molecule has 1 aromatic carbocycles. The maximum absolute atomic E-state index is 13.3. The molecule has 2 amide bonds. The third-order valence-electron chi connectivity index (χ3n) is 5.74. The van der Waals surface area contributed by atoms with Gasteiger partial charge in [0.1, 0.15) is 5.70 Å². The van der Waals surface area contributed by atoms with Crippen molar-refractivity contribution < 1.29 is 19.1 Å². The molecule has 2 unspecified atom stereocenters. The fourth-order valence-corrected chi connectivity index (χ4v) is 4.47. The van der Waals surface area contributed by atoms with Gasteiger partial charge in [0.2, 0.25) is 0 Å². The van der Waals surface area contributed by atoms with Crippen LogP contribution in [0.3, 0.4) is 0 Å². The average molecular weight is 401 g/mol. The van der Waals surface area contributed by atoms with Crippen LogP contribution in [0.5, 0.6) is 11.5 Å². The number of imide groups is 1. The minimum absolute atomic E-state index is 0.172. The second kappa shape index (κ2) is 8.89. The van der Waals surface area contributed by atoms with Crippen molar-refractivity contribution in [2.45, 2.75) is 40.0 Å². The number of hydrogen-bond acceptors (Lipinski definition) is 5. The van der Waals surface area contributed by atoms with Crippen LogP contribution in [-0.2, 0) is 9.59 Å². The Hall–Kier alpha value is -2.50. The maximum atomic E-state index is 13.3. The smallest absolute Gasteiger partial charge is 0.277 e. The van der Waals surface area contributed by atoms with Crippen molar-refractivity contribution in [2.24, 2.45) is 11.8 Å². The predicted molar refractivity (Wildman–Crippen MR) is 113 cm³/mol. The van der Waals surface area contributed by atoms with Crippen molar-refractivity contribution in [3.8, 4) is 11.5 Å². The Morgan fingerprint density at radius 2 is 1.66 bits per heavy atom. The zero-order chi connectivity index (χ0) is 21.1. The second-order valence-corrected chi connectivity index (χ2v) is 8.26. The first-order chi connectivity index (χ1) is 13.9. The Kier molecular flexibility index (Phi) is 6.50. The number of nitrogens with zero attached hydrogens (tertiary/aromatic N) is 2. The molecule has 0 bridgehead atoms. The lowest BCUT2D eigenvalue weighted by molar-refractivity contribution is -0.137. The SMILES string of the molecule is CCCCN1C(=O)C(c2ccc(OC)c(OC)c2)=C(N2CC(C)CC(C)C2)C1=O. The highest BCUT2D eigenvalue weighted by molar-refractivity contribution is 6.35. The van der Waals surface area contributed by atoms with Gasteiger partial charge in [-0.3, -0.25) is 14.5 Å². The third kappa shape index (κ3) is 4.11. The van der Waals surface area contributed by atoms with E-state index in [1.165, 1.54) is 4.90 Å². The Morgan fingerprint density at radius 1 is 1.00 bits per heavy atom. The highest BCUT2D eigenvalue weighted by atomic mass is 16.5. The van der Waals surface area contributed by atoms with E-state index in [0.717, 1.165) is 32.4 Å². The fraction of sp³-hybridized carbons (Fsp3) is 0.565. The summed E-state index contributed by atoms with van der Waals surface area (Å²) in [5, 5.41) is 0. The molecule has 0 aromatic heterocycles. The summed E-state index contributed by atoms with van der Waals surface area (Å²) < 4.78 is 10.8. The first-order valence-corrected chi connectivity index (χ1v) is 10.5. The summed E-state index contributed by atoms with van der Waals surface area (Å²) in [6.45, 7) is 8.50. The molecular weight excluding hydrogens is 368 g/mol. The number of carbonyl (C=O) groups excluding carboxylic acids is 2. The normalized spacial score (nSPS) is 22.5. The lowest BCUT2D eigenvalue weighted by Crippen LogP contribution is -2.42. The molecule has 0 aliphatic carbocycles. The number of methoxy groups -OCH3 is 2. The molecule has 1 saturated heterocycles. The molecule has 0 spiro atoms. The van der Waals surface area contributed by atoms with Gasteiger partial charge in [-0.2, -0.15) is 0 Å². The van der Waals surface area contributed by atoms with Gasteiger partial charge in [0.25, 0.3) is 11.8 Å². The number of ether oxygens (including phenoxy) is 2. The van der Waals surface area contributed by atoms with E-state index in [4.69, 9.17) is 9.47 Å². The molecule has 3 rings (SSSR count). The average Bonchev–Trinajstić information content (AvgIpc) is 2.95. The summed E-state index contributed by atoms with van der Waals surface area (Å²) in [4.78, 5) is 30.2. The Morgan fingerprint density at radius 3 is 2.24 bits per heavy atom. The molecule has 1 aromatic rings. The largest absolute Gasteiger partial charge is 0.493 e. The second-order valence-electron chi connectivity index (χ2n) is 8.26. The summed E-state index contributed by atoms with van der Waals surface area (Å²) >= 11 is 0. The molecule has 2 atom stereocenters. The van der Waals surface area contributed by atoms with Gasteiger partial charge in [0.05, 0.1) is 19.8 Å². The van der Waals surface area contributed by atoms with E-state index in [1.54, 1.807) is 26.4 Å². The zero-order valence-electron chi connectivity index (χ0n) is 18.2. The minimum atomic E-state index is -0.212. The standard InChI is InChI=1S/C23H32N2O4/c1-6-7-10-25-22(26)20(17-8-9-18(28-4)19(12-17)29-5)21(23(25)27)24-13-15(2)11-16(3)14-24/h8-9,12,15-16H,6-7,10-11,13-14H2,1-5H3. The first kappa shape index (κ1) is 21.2. The van der Waals surface area contributed by atoms with Crippen LogP contribution >= 0.6 is 0 Å². The van der Waals surface area contributed by atoms with E-state index in [-0.39, 0.29) is 11.8 Å². The number of piperidine rings is 1. The predicted octanol–water partition coefficient (Wildman–Crippen LogP) is 3.56. The summed E-state index contributed by atoms with van der Waals surface area (Å²) in [6.07, 6.45) is 2.86. The van der Waals surface area contributed by atoms with Crippen LogP contribution < -0.4 is 9.47 Å². The van der Waals surface area contributed by atoms with Crippen molar-refractivity contribution in [2.75, 3.05) is 33.9 Å². The van der Waals surface area contributed by atoms with Gasteiger partial charge in [-0.1, -0.05) is 33.3 Å². The van der Waals surface area contributed by atoms with E-state index in [1.807, 2.05) is 6.07 Å². The van der Waals surface area contributed by atoms with Gasteiger partial charge in [0.15, 0.2) is 11.5 Å². The van der Waals surface area contributed by atoms with Gasteiger partial charge < -0.3 is 14.4 Å². The van der Waals surface area contributed by atoms with Crippen LogP contribution in [0.25, 0.3) is 5.57 Å². The summed E-state index contributed by atoms with van der Waals surface area (Å²) in [5.41, 5.74) is 1.71. The number of carbonyl (C=O) groups is 2. The molecule has 2 aliphatic rings. The van der Waals surface area contributed by atoms with Gasteiger partial charge in [-0.15, -0.1) is 0 Å². The van der Waals surface area contributed by atoms with Gasteiger partial charge in [-0.05, 0) is 42.4 Å². The van der Waals surface area contributed by atoms with Crippen molar-refractivity contribution in [3.63, 3.8) is 0 Å². The number of likely N-dealkylation sites (tertiary alicyclic amines) is 1. The van der Waals surface area contributed by atoms with E-state index < -0.39 is 0 Å². The Bertz CT molecular complexity index is 807. The van der Waals surface area contributed by atoms with Crippen molar-refractivity contribution in [1.82, 2.24) is 9.80 Å². The number of rotatable bonds is 7.